The zero-order valence-corrected chi connectivity index (χ0v) is 9.82. The Hall–Kier alpha value is -1.69. The average molecular weight is 237 g/mol. The molecule has 0 fully saturated rings. The standard InChI is InChI=1S/C10H11N3O2S/c1-12(2)8(15)5-7(14)9-10-13(6-11-9)3-4-16-10/h3-4,6H,5H2,1-2H3. The molecule has 16 heavy (non-hydrogen) atoms. The third-order valence-corrected chi connectivity index (χ3v) is 3.11. The van der Waals surface area contributed by atoms with Gasteiger partial charge in [-0.05, 0) is 0 Å². The van der Waals surface area contributed by atoms with Crippen LogP contribution in [-0.4, -0.2) is 40.1 Å². The highest BCUT2D eigenvalue weighted by molar-refractivity contribution is 7.15. The van der Waals surface area contributed by atoms with E-state index in [1.807, 2.05) is 11.6 Å². The fourth-order valence-electron chi connectivity index (χ4n) is 1.30. The second-order valence-corrected chi connectivity index (χ2v) is 4.49. The molecule has 0 N–H and O–H groups in total. The van der Waals surface area contributed by atoms with Crippen molar-refractivity contribution in [3.05, 3.63) is 23.6 Å². The first kappa shape index (κ1) is 10.8. The lowest BCUT2D eigenvalue weighted by Gasteiger charge is -2.08. The molecular formula is C10H11N3O2S. The minimum atomic E-state index is -0.233. The Morgan fingerprint density at radius 2 is 2.25 bits per heavy atom. The van der Waals surface area contributed by atoms with Gasteiger partial charge in [-0.15, -0.1) is 11.3 Å². The van der Waals surface area contributed by atoms with E-state index in [-0.39, 0.29) is 18.1 Å². The molecule has 5 nitrogen and oxygen atoms in total. The van der Waals surface area contributed by atoms with Gasteiger partial charge in [0.2, 0.25) is 5.91 Å². The zero-order valence-electron chi connectivity index (χ0n) is 9.01. The van der Waals surface area contributed by atoms with Crippen LogP contribution in [-0.2, 0) is 4.79 Å². The molecule has 0 saturated heterocycles. The first-order chi connectivity index (χ1) is 7.59. The van der Waals surface area contributed by atoms with Crippen LogP contribution in [0.3, 0.4) is 0 Å². The van der Waals surface area contributed by atoms with E-state index in [0.29, 0.717) is 5.69 Å². The molecule has 0 bridgehead atoms. The highest BCUT2D eigenvalue weighted by Crippen LogP contribution is 2.17. The Morgan fingerprint density at radius 3 is 2.94 bits per heavy atom. The number of ketones is 1. The summed E-state index contributed by atoms with van der Waals surface area (Å²) in [6, 6.07) is 0. The van der Waals surface area contributed by atoms with E-state index in [0.717, 1.165) is 4.83 Å². The molecule has 0 saturated carbocycles. The Balaban J connectivity index is 2.23. The lowest BCUT2D eigenvalue weighted by molar-refractivity contribution is -0.127. The lowest BCUT2D eigenvalue weighted by atomic mass is 10.2. The number of nitrogens with zero attached hydrogens (tertiary/aromatic N) is 3. The summed E-state index contributed by atoms with van der Waals surface area (Å²) in [5.74, 6) is -0.439. The SMILES string of the molecule is CN(C)C(=O)CC(=O)c1ncn2ccsc12. The number of rotatable bonds is 3. The molecule has 0 aliphatic carbocycles. The Labute approximate surface area is 96.3 Å². The number of aromatic nitrogens is 2. The number of hydrogen-bond acceptors (Lipinski definition) is 4. The van der Waals surface area contributed by atoms with Gasteiger partial charge in [-0.3, -0.25) is 14.0 Å². The maximum Gasteiger partial charge on any atom is 0.229 e. The smallest absolute Gasteiger partial charge is 0.229 e. The first-order valence-electron chi connectivity index (χ1n) is 4.73. The molecule has 0 aliphatic heterocycles. The fourth-order valence-corrected chi connectivity index (χ4v) is 2.13. The number of Topliss-reactive ketones (excluding diaryl/α,β-unsaturated/α-hetero) is 1. The molecule has 0 atom stereocenters. The summed E-state index contributed by atoms with van der Waals surface area (Å²) < 4.78 is 1.78. The number of carbonyl (C=O) groups is 2. The molecule has 0 spiro atoms. The van der Waals surface area contributed by atoms with E-state index in [1.54, 1.807) is 24.8 Å². The van der Waals surface area contributed by atoms with Gasteiger partial charge in [-0.1, -0.05) is 0 Å². The molecule has 2 heterocycles. The summed E-state index contributed by atoms with van der Waals surface area (Å²) in [7, 11) is 3.26. The quantitative estimate of drug-likeness (QED) is 0.592. The van der Waals surface area contributed by atoms with E-state index in [2.05, 4.69) is 4.98 Å². The van der Waals surface area contributed by atoms with Gasteiger partial charge in [0.15, 0.2) is 5.78 Å². The maximum absolute atomic E-state index is 11.8. The van der Waals surface area contributed by atoms with Crippen LogP contribution in [0.2, 0.25) is 0 Å². The van der Waals surface area contributed by atoms with Gasteiger partial charge < -0.3 is 4.90 Å². The molecule has 0 radical (unpaired) electrons. The van der Waals surface area contributed by atoms with Crippen LogP contribution in [0.25, 0.3) is 4.83 Å². The maximum atomic E-state index is 11.8. The predicted molar refractivity (Wildman–Crippen MR) is 60.7 cm³/mol. The number of amides is 1. The van der Waals surface area contributed by atoms with Crippen LogP contribution in [0.15, 0.2) is 17.9 Å². The third kappa shape index (κ3) is 1.83. The summed E-state index contributed by atoms with van der Waals surface area (Å²) in [5, 5.41) is 1.88. The fraction of sp³-hybridized carbons (Fsp3) is 0.300. The van der Waals surface area contributed by atoms with Gasteiger partial charge in [0.05, 0.1) is 6.42 Å². The molecular weight excluding hydrogens is 226 g/mol. The van der Waals surface area contributed by atoms with Gasteiger partial charge in [-0.25, -0.2) is 4.98 Å². The van der Waals surface area contributed by atoms with Crippen LogP contribution in [0, 0.1) is 0 Å². The minimum absolute atomic E-state index is 0.127. The van der Waals surface area contributed by atoms with Crippen molar-refractivity contribution in [1.82, 2.24) is 14.3 Å². The number of carbonyl (C=O) groups excluding carboxylic acids is 2. The van der Waals surface area contributed by atoms with Crippen LogP contribution >= 0.6 is 11.3 Å². The van der Waals surface area contributed by atoms with Gasteiger partial charge >= 0.3 is 0 Å². The largest absolute Gasteiger partial charge is 0.348 e. The van der Waals surface area contributed by atoms with Crippen molar-refractivity contribution in [2.45, 2.75) is 6.42 Å². The molecule has 0 unspecified atom stereocenters. The third-order valence-electron chi connectivity index (χ3n) is 2.22. The van der Waals surface area contributed by atoms with E-state index < -0.39 is 0 Å². The Morgan fingerprint density at radius 1 is 1.50 bits per heavy atom. The van der Waals surface area contributed by atoms with E-state index in [9.17, 15) is 9.59 Å². The number of imidazole rings is 1. The summed E-state index contributed by atoms with van der Waals surface area (Å²) in [5.41, 5.74) is 0.380. The molecule has 2 aromatic heterocycles. The van der Waals surface area contributed by atoms with Gasteiger partial charge in [-0.2, -0.15) is 0 Å². The van der Waals surface area contributed by atoms with Gasteiger partial charge in [0, 0.05) is 25.7 Å². The molecule has 1 amide bonds. The zero-order chi connectivity index (χ0) is 11.7. The van der Waals surface area contributed by atoms with Crippen molar-refractivity contribution < 1.29 is 9.59 Å². The average Bonchev–Trinajstić information content (AvgIpc) is 2.77. The second-order valence-electron chi connectivity index (χ2n) is 3.60. The number of hydrogen-bond donors (Lipinski definition) is 0. The molecule has 0 aromatic carbocycles. The number of fused-ring (bicyclic) bond motifs is 1. The minimum Gasteiger partial charge on any atom is -0.348 e. The first-order valence-corrected chi connectivity index (χ1v) is 5.61. The van der Waals surface area contributed by atoms with Crippen molar-refractivity contribution in [3.8, 4) is 0 Å². The predicted octanol–water partition coefficient (Wildman–Crippen LogP) is 1.06. The van der Waals surface area contributed by atoms with Crippen molar-refractivity contribution in [1.29, 1.82) is 0 Å². The van der Waals surface area contributed by atoms with Crippen molar-refractivity contribution >= 4 is 27.9 Å². The summed E-state index contributed by atoms with van der Waals surface area (Å²) in [6.07, 6.45) is 3.29. The normalized spacial score (nSPS) is 10.6. The Kier molecular flexibility index (Phi) is 2.74. The molecule has 2 rings (SSSR count). The summed E-state index contributed by atoms with van der Waals surface area (Å²) in [4.78, 5) is 29.4. The van der Waals surface area contributed by atoms with Crippen LogP contribution in [0.1, 0.15) is 16.9 Å². The van der Waals surface area contributed by atoms with Crippen LogP contribution in [0.5, 0.6) is 0 Å². The molecule has 0 aliphatic rings. The molecule has 6 heteroatoms. The topological polar surface area (TPSA) is 54.7 Å². The van der Waals surface area contributed by atoms with E-state index in [1.165, 1.54) is 16.2 Å². The molecule has 84 valence electrons. The van der Waals surface area contributed by atoms with E-state index in [4.69, 9.17) is 0 Å². The van der Waals surface area contributed by atoms with Crippen molar-refractivity contribution in [2.75, 3.05) is 14.1 Å². The molecule has 2 aromatic rings. The van der Waals surface area contributed by atoms with Gasteiger partial charge in [0.25, 0.3) is 0 Å². The monoisotopic (exact) mass is 237 g/mol. The highest BCUT2D eigenvalue weighted by atomic mass is 32.1. The van der Waals surface area contributed by atoms with Crippen molar-refractivity contribution in [2.24, 2.45) is 0 Å². The lowest BCUT2D eigenvalue weighted by Crippen LogP contribution is -2.24. The van der Waals surface area contributed by atoms with E-state index >= 15 is 0 Å². The Bertz CT molecular complexity index is 541. The summed E-state index contributed by atoms with van der Waals surface area (Å²) in [6.45, 7) is 0. The van der Waals surface area contributed by atoms with Gasteiger partial charge in [0.1, 0.15) is 16.9 Å². The second kappa shape index (κ2) is 4.05. The van der Waals surface area contributed by atoms with Crippen LogP contribution < -0.4 is 0 Å². The highest BCUT2D eigenvalue weighted by Gasteiger charge is 2.18. The summed E-state index contributed by atoms with van der Waals surface area (Å²) >= 11 is 1.44. The van der Waals surface area contributed by atoms with Crippen molar-refractivity contribution in [3.63, 3.8) is 0 Å². The number of thiazole rings is 1. The van der Waals surface area contributed by atoms with Crippen LogP contribution in [0.4, 0.5) is 0 Å².